The van der Waals surface area contributed by atoms with Gasteiger partial charge in [0.15, 0.2) is 16.6 Å². The van der Waals surface area contributed by atoms with Crippen molar-refractivity contribution in [2.75, 3.05) is 26.4 Å². The number of ether oxygens (including phenoxy) is 2. The van der Waals surface area contributed by atoms with Gasteiger partial charge in [0.2, 0.25) is 0 Å². The molecule has 0 spiro atoms. The first-order valence-electron chi connectivity index (χ1n) is 7.35. The van der Waals surface area contributed by atoms with Crippen molar-refractivity contribution in [1.29, 1.82) is 0 Å². The third kappa shape index (κ3) is 8.93. The van der Waals surface area contributed by atoms with Crippen LogP contribution in [0.2, 0.25) is 38.3 Å². The van der Waals surface area contributed by atoms with E-state index in [0.717, 1.165) is 44.8 Å². The lowest BCUT2D eigenvalue weighted by molar-refractivity contribution is 0.116. The fourth-order valence-electron chi connectivity index (χ4n) is 2.33. The predicted molar refractivity (Wildman–Crippen MR) is 82.5 cm³/mol. The Kier molecular flexibility index (Phi) is 7.20. The molecule has 0 saturated carbocycles. The lowest BCUT2D eigenvalue weighted by Gasteiger charge is -2.34. The summed E-state index contributed by atoms with van der Waals surface area (Å²) < 4.78 is 17.1. The zero-order chi connectivity index (χ0) is 14.4. The Morgan fingerprint density at radius 1 is 1.11 bits per heavy atom. The van der Waals surface area contributed by atoms with E-state index in [2.05, 4.69) is 26.2 Å². The zero-order valence-electron chi connectivity index (χ0n) is 12.9. The van der Waals surface area contributed by atoms with Gasteiger partial charge in [0.05, 0.1) is 13.2 Å². The summed E-state index contributed by atoms with van der Waals surface area (Å²) in [6.45, 7) is 11.8. The van der Waals surface area contributed by atoms with Crippen molar-refractivity contribution in [3.8, 4) is 0 Å². The summed E-state index contributed by atoms with van der Waals surface area (Å²) in [6.07, 6.45) is 2.32. The Hall–Kier alpha value is 0.274. The molecule has 4 nitrogen and oxygen atoms in total. The SMILES string of the molecule is C[Si](C)(CCCO)O[Si](C)(C)CCCOCC1CO1. The molecule has 1 unspecified atom stereocenters. The van der Waals surface area contributed by atoms with Crippen LogP contribution in [0.25, 0.3) is 0 Å². The molecule has 114 valence electrons. The topological polar surface area (TPSA) is 51.2 Å². The lowest BCUT2D eigenvalue weighted by Crippen LogP contribution is -2.44. The van der Waals surface area contributed by atoms with E-state index in [1.807, 2.05) is 0 Å². The van der Waals surface area contributed by atoms with Gasteiger partial charge in [-0.3, -0.25) is 0 Å². The number of epoxide rings is 1. The van der Waals surface area contributed by atoms with Crippen LogP contribution in [0.15, 0.2) is 0 Å². The molecule has 0 aromatic rings. The Labute approximate surface area is 119 Å². The highest BCUT2D eigenvalue weighted by atomic mass is 28.4. The summed E-state index contributed by atoms with van der Waals surface area (Å²) in [6, 6.07) is 2.20. The van der Waals surface area contributed by atoms with Crippen molar-refractivity contribution >= 4 is 16.6 Å². The van der Waals surface area contributed by atoms with Crippen LogP contribution < -0.4 is 0 Å². The number of hydrogen-bond donors (Lipinski definition) is 1. The van der Waals surface area contributed by atoms with Crippen LogP contribution in [0.4, 0.5) is 0 Å². The van der Waals surface area contributed by atoms with Gasteiger partial charge in [-0.15, -0.1) is 0 Å². The largest absolute Gasteiger partial charge is 0.455 e. The van der Waals surface area contributed by atoms with Crippen LogP contribution in [-0.2, 0) is 13.6 Å². The molecule has 0 aromatic heterocycles. The van der Waals surface area contributed by atoms with E-state index in [0.29, 0.717) is 6.10 Å². The number of rotatable bonds is 11. The van der Waals surface area contributed by atoms with Gasteiger partial charge in [0.1, 0.15) is 6.10 Å². The highest BCUT2D eigenvalue weighted by Crippen LogP contribution is 2.23. The number of hydrogen-bond acceptors (Lipinski definition) is 4. The highest BCUT2D eigenvalue weighted by Gasteiger charge is 2.32. The predicted octanol–water partition coefficient (Wildman–Crippen LogP) is 2.60. The van der Waals surface area contributed by atoms with E-state index in [-0.39, 0.29) is 6.61 Å². The number of aliphatic hydroxyl groups excluding tert-OH is 1. The zero-order valence-corrected chi connectivity index (χ0v) is 14.9. The van der Waals surface area contributed by atoms with E-state index < -0.39 is 16.6 Å². The van der Waals surface area contributed by atoms with Crippen molar-refractivity contribution in [1.82, 2.24) is 0 Å². The van der Waals surface area contributed by atoms with Gasteiger partial charge in [0.25, 0.3) is 0 Å². The van der Waals surface area contributed by atoms with Crippen LogP contribution in [0.3, 0.4) is 0 Å². The fraction of sp³-hybridized carbons (Fsp3) is 1.00. The summed E-state index contributed by atoms with van der Waals surface area (Å²) in [7, 11) is -3.18. The molecule has 0 radical (unpaired) electrons. The van der Waals surface area contributed by atoms with Crippen molar-refractivity contribution in [3.05, 3.63) is 0 Å². The average Bonchev–Trinajstić information content (AvgIpc) is 3.08. The van der Waals surface area contributed by atoms with E-state index >= 15 is 0 Å². The standard InChI is InChI=1S/C13H30O4Si2/c1-18(2,9-5-7-14)17-19(3,4)10-6-8-15-11-13-12-16-13/h13-14H,5-12H2,1-4H3. The van der Waals surface area contributed by atoms with E-state index in [4.69, 9.17) is 18.7 Å². The maximum atomic E-state index is 8.93. The Balaban J connectivity index is 2.13. The minimum Gasteiger partial charge on any atom is -0.455 e. The molecule has 6 heteroatoms. The van der Waals surface area contributed by atoms with Crippen LogP contribution in [0, 0.1) is 0 Å². The average molecular weight is 307 g/mol. The second-order valence-electron chi connectivity index (χ2n) is 6.58. The first-order valence-corrected chi connectivity index (χ1v) is 13.6. The van der Waals surface area contributed by atoms with Gasteiger partial charge < -0.3 is 18.7 Å². The molecule has 1 aliphatic heterocycles. The molecule has 1 aliphatic rings. The van der Waals surface area contributed by atoms with Crippen LogP contribution in [0.1, 0.15) is 12.8 Å². The van der Waals surface area contributed by atoms with E-state index in [1.54, 1.807) is 0 Å². The second kappa shape index (κ2) is 7.90. The van der Waals surface area contributed by atoms with E-state index in [9.17, 15) is 0 Å². The maximum absolute atomic E-state index is 8.93. The molecule has 1 fully saturated rings. The molecule has 1 N–H and O–H groups in total. The summed E-state index contributed by atoms with van der Waals surface area (Å²) in [5.74, 6) is 0. The van der Waals surface area contributed by atoms with Crippen LogP contribution in [0.5, 0.6) is 0 Å². The van der Waals surface area contributed by atoms with E-state index in [1.165, 1.54) is 0 Å². The monoisotopic (exact) mass is 306 g/mol. The maximum Gasteiger partial charge on any atom is 0.173 e. The molecule has 1 saturated heterocycles. The van der Waals surface area contributed by atoms with Gasteiger partial charge in [-0.25, -0.2) is 0 Å². The minimum atomic E-state index is -1.60. The van der Waals surface area contributed by atoms with Gasteiger partial charge in [-0.2, -0.15) is 0 Å². The number of aliphatic hydroxyl groups is 1. The molecule has 1 atom stereocenters. The van der Waals surface area contributed by atoms with Crippen molar-refractivity contribution in [2.45, 2.75) is 57.2 Å². The fourth-order valence-corrected chi connectivity index (χ4v) is 11.1. The smallest absolute Gasteiger partial charge is 0.173 e. The molecule has 19 heavy (non-hydrogen) atoms. The van der Waals surface area contributed by atoms with Gasteiger partial charge >= 0.3 is 0 Å². The van der Waals surface area contributed by atoms with Gasteiger partial charge in [0, 0.05) is 13.2 Å². The van der Waals surface area contributed by atoms with Crippen molar-refractivity contribution in [2.24, 2.45) is 0 Å². The highest BCUT2D eigenvalue weighted by molar-refractivity contribution is 6.84. The molecule has 0 bridgehead atoms. The quantitative estimate of drug-likeness (QED) is 0.362. The molecule has 0 amide bonds. The molecular formula is C13H30O4Si2. The Bertz CT molecular complexity index is 255. The first kappa shape index (κ1) is 17.3. The van der Waals surface area contributed by atoms with Crippen LogP contribution in [-0.4, -0.2) is 54.3 Å². The third-order valence-corrected chi connectivity index (χ3v) is 10.8. The minimum absolute atomic E-state index is 0.277. The second-order valence-corrected chi connectivity index (χ2v) is 15.4. The normalized spacial score (nSPS) is 19.7. The third-order valence-electron chi connectivity index (χ3n) is 3.26. The Morgan fingerprint density at radius 3 is 2.21 bits per heavy atom. The molecule has 1 rings (SSSR count). The molecule has 1 heterocycles. The summed E-state index contributed by atoms with van der Waals surface area (Å²) in [5, 5.41) is 8.93. The van der Waals surface area contributed by atoms with Crippen LogP contribution >= 0.6 is 0 Å². The first-order chi connectivity index (χ1) is 8.85. The Morgan fingerprint density at radius 2 is 1.68 bits per heavy atom. The van der Waals surface area contributed by atoms with Gasteiger partial charge in [-0.1, -0.05) is 0 Å². The molecule has 0 aromatic carbocycles. The summed E-state index contributed by atoms with van der Waals surface area (Å²) in [4.78, 5) is 0. The molecular weight excluding hydrogens is 276 g/mol. The lowest BCUT2D eigenvalue weighted by atomic mass is 10.5. The van der Waals surface area contributed by atoms with Crippen molar-refractivity contribution < 1.29 is 18.7 Å². The molecule has 0 aliphatic carbocycles. The summed E-state index contributed by atoms with van der Waals surface area (Å²) in [5.41, 5.74) is 0. The summed E-state index contributed by atoms with van der Waals surface area (Å²) >= 11 is 0. The van der Waals surface area contributed by atoms with Gasteiger partial charge in [-0.05, 0) is 51.1 Å². The van der Waals surface area contributed by atoms with Crippen molar-refractivity contribution in [3.63, 3.8) is 0 Å².